The minimum atomic E-state index is -4.17. The van der Waals surface area contributed by atoms with E-state index in [9.17, 15) is 13.3 Å². The van der Waals surface area contributed by atoms with E-state index in [4.69, 9.17) is 4.52 Å². The molecule has 1 atom stereocenters. The lowest BCUT2D eigenvalue weighted by Crippen LogP contribution is -2.19. The predicted octanol–water partition coefficient (Wildman–Crippen LogP) is 3.57. The SMILES string of the molecule is CCOP(=O)(c1ccccc1)C(F)(F)Br. The van der Waals surface area contributed by atoms with E-state index in [2.05, 4.69) is 15.9 Å². The Morgan fingerprint density at radius 2 is 1.93 bits per heavy atom. The Morgan fingerprint density at radius 3 is 2.33 bits per heavy atom. The largest absolute Gasteiger partial charge is 0.378 e. The van der Waals surface area contributed by atoms with Gasteiger partial charge in [0.15, 0.2) is 0 Å². The molecule has 1 aromatic rings. The summed E-state index contributed by atoms with van der Waals surface area (Å²) in [5, 5.41) is 0.00808. The van der Waals surface area contributed by atoms with E-state index in [1.165, 1.54) is 19.1 Å². The highest BCUT2D eigenvalue weighted by atomic mass is 79.9. The molecular formula is C9H10BrF2O2P. The summed E-state index contributed by atoms with van der Waals surface area (Å²) in [5.74, 6) is 0. The molecule has 0 aliphatic rings. The van der Waals surface area contributed by atoms with Gasteiger partial charge in [-0.1, -0.05) is 18.2 Å². The van der Waals surface area contributed by atoms with Crippen molar-refractivity contribution in [3.8, 4) is 0 Å². The maximum absolute atomic E-state index is 13.2. The van der Waals surface area contributed by atoms with Crippen LogP contribution in [0.5, 0.6) is 0 Å². The van der Waals surface area contributed by atoms with E-state index >= 15 is 0 Å². The number of halogens is 3. The predicted molar refractivity (Wildman–Crippen MR) is 59.2 cm³/mol. The summed E-state index contributed by atoms with van der Waals surface area (Å²) in [6, 6.07) is 7.48. The third-order valence-electron chi connectivity index (χ3n) is 1.74. The molecule has 1 aromatic carbocycles. The molecule has 84 valence electrons. The van der Waals surface area contributed by atoms with Gasteiger partial charge in [0, 0.05) is 21.2 Å². The molecule has 0 aliphatic carbocycles. The fourth-order valence-electron chi connectivity index (χ4n) is 1.10. The quantitative estimate of drug-likeness (QED) is 0.627. The van der Waals surface area contributed by atoms with Crippen LogP contribution in [0.25, 0.3) is 0 Å². The zero-order valence-electron chi connectivity index (χ0n) is 7.99. The number of hydrogen-bond acceptors (Lipinski definition) is 2. The molecule has 0 spiro atoms. The summed E-state index contributed by atoms with van der Waals surface area (Å²) >= 11 is 2.12. The van der Waals surface area contributed by atoms with Gasteiger partial charge in [-0.2, -0.15) is 8.78 Å². The smallest absolute Gasteiger partial charge is 0.321 e. The van der Waals surface area contributed by atoms with E-state index in [-0.39, 0.29) is 11.9 Å². The highest BCUT2D eigenvalue weighted by molar-refractivity contribution is 9.11. The molecule has 6 heteroatoms. The van der Waals surface area contributed by atoms with Gasteiger partial charge in [-0.15, -0.1) is 0 Å². The average Bonchev–Trinajstić information content (AvgIpc) is 2.18. The highest BCUT2D eigenvalue weighted by Gasteiger charge is 2.50. The Balaban J connectivity index is 3.20. The molecule has 1 rings (SSSR count). The summed E-state index contributed by atoms with van der Waals surface area (Å²) < 4.78 is 39.6. The van der Waals surface area contributed by atoms with Crippen LogP contribution in [0.1, 0.15) is 6.92 Å². The second-order valence-electron chi connectivity index (χ2n) is 2.77. The Hall–Kier alpha value is -0.250. The number of benzene rings is 1. The molecule has 1 unspecified atom stereocenters. The molecular weight excluding hydrogens is 289 g/mol. The fourth-order valence-corrected chi connectivity index (χ4v) is 3.54. The van der Waals surface area contributed by atoms with Crippen LogP contribution in [0.2, 0.25) is 0 Å². The summed E-state index contributed by atoms with van der Waals surface area (Å²) in [6.07, 6.45) is 0. The molecule has 0 bridgehead atoms. The van der Waals surface area contributed by atoms with E-state index in [0.717, 1.165) is 0 Å². The molecule has 0 saturated carbocycles. The van der Waals surface area contributed by atoms with Crippen molar-refractivity contribution < 1.29 is 17.9 Å². The molecule has 0 amide bonds. The molecule has 15 heavy (non-hydrogen) atoms. The van der Waals surface area contributed by atoms with Crippen LogP contribution in [0.3, 0.4) is 0 Å². The van der Waals surface area contributed by atoms with Crippen molar-refractivity contribution in [2.24, 2.45) is 0 Å². The van der Waals surface area contributed by atoms with E-state index in [0.29, 0.717) is 0 Å². The first-order valence-electron chi connectivity index (χ1n) is 4.29. The fraction of sp³-hybridized carbons (Fsp3) is 0.333. The lowest BCUT2D eigenvalue weighted by atomic mass is 10.4. The topological polar surface area (TPSA) is 26.3 Å². The second-order valence-corrected chi connectivity index (χ2v) is 6.82. The van der Waals surface area contributed by atoms with E-state index in [1.54, 1.807) is 18.2 Å². The minimum absolute atomic E-state index is 0.00808. The van der Waals surface area contributed by atoms with Crippen LogP contribution >= 0.6 is 23.3 Å². The van der Waals surface area contributed by atoms with Crippen molar-refractivity contribution in [3.63, 3.8) is 0 Å². The minimum Gasteiger partial charge on any atom is -0.321 e. The van der Waals surface area contributed by atoms with Gasteiger partial charge < -0.3 is 4.52 Å². The normalized spacial score (nSPS) is 16.0. The van der Waals surface area contributed by atoms with E-state index in [1.807, 2.05) is 0 Å². The van der Waals surface area contributed by atoms with Crippen LogP contribution in [-0.4, -0.2) is 11.2 Å². The summed E-state index contributed by atoms with van der Waals surface area (Å²) in [4.78, 5) is 0. The van der Waals surface area contributed by atoms with Gasteiger partial charge in [-0.05, 0) is 19.1 Å². The zero-order chi connectivity index (χ0) is 11.5. The van der Waals surface area contributed by atoms with Crippen molar-refractivity contribution in [1.29, 1.82) is 0 Å². The lowest BCUT2D eigenvalue weighted by molar-refractivity contribution is 0.173. The van der Waals surface area contributed by atoms with Crippen LogP contribution < -0.4 is 5.30 Å². The first-order chi connectivity index (χ1) is 6.92. The molecule has 2 nitrogen and oxygen atoms in total. The summed E-state index contributed by atoms with van der Waals surface area (Å²) in [6.45, 7) is 1.49. The van der Waals surface area contributed by atoms with Gasteiger partial charge in [0.25, 0.3) is 0 Å². The maximum atomic E-state index is 13.2. The standard InChI is InChI=1S/C9H10BrF2O2P/c1-2-14-15(13,9(10,11)12)8-6-4-3-5-7-8/h3-7H,2H2,1H3. The number of rotatable bonds is 4. The van der Waals surface area contributed by atoms with Crippen LogP contribution in [0, 0.1) is 0 Å². The van der Waals surface area contributed by atoms with Gasteiger partial charge in [0.2, 0.25) is 0 Å². The number of hydrogen-bond donors (Lipinski definition) is 0. The van der Waals surface area contributed by atoms with Crippen molar-refractivity contribution in [2.75, 3.05) is 6.61 Å². The first-order valence-corrected chi connectivity index (χ1v) is 6.70. The molecule has 0 radical (unpaired) electrons. The average molecular weight is 299 g/mol. The Labute approximate surface area is 95.2 Å². The monoisotopic (exact) mass is 298 g/mol. The second kappa shape index (κ2) is 4.73. The zero-order valence-corrected chi connectivity index (χ0v) is 10.5. The van der Waals surface area contributed by atoms with Gasteiger partial charge >= 0.3 is 11.9 Å². The van der Waals surface area contributed by atoms with Gasteiger partial charge in [0.1, 0.15) is 0 Å². The molecule has 0 N–H and O–H groups in total. The first kappa shape index (κ1) is 12.8. The molecule has 0 saturated heterocycles. The summed E-state index contributed by atoms with van der Waals surface area (Å²) in [7, 11) is -4.17. The van der Waals surface area contributed by atoms with Crippen molar-refractivity contribution in [1.82, 2.24) is 0 Å². The van der Waals surface area contributed by atoms with Gasteiger partial charge in [0.05, 0.1) is 6.61 Å². The Kier molecular flexibility index (Phi) is 4.04. The molecule has 0 heterocycles. The number of alkyl halides is 3. The molecule has 0 fully saturated rings. The highest BCUT2D eigenvalue weighted by Crippen LogP contribution is 2.62. The maximum Gasteiger partial charge on any atom is 0.378 e. The Bertz CT molecular complexity index is 364. The van der Waals surface area contributed by atoms with Crippen molar-refractivity contribution >= 4 is 28.6 Å². The van der Waals surface area contributed by atoms with Gasteiger partial charge in [-0.25, -0.2) is 0 Å². The summed E-state index contributed by atoms with van der Waals surface area (Å²) in [5.41, 5.74) is 0. The van der Waals surface area contributed by atoms with Gasteiger partial charge in [-0.3, -0.25) is 4.57 Å². The van der Waals surface area contributed by atoms with Crippen molar-refractivity contribution in [3.05, 3.63) is 30.3 Å². The third kappa shape index (κ3) is 2.65. The van der Waals surface area contributed by atoms with Crippen LogP contribution in [-0.2, 0) is 9.09 Å². The van der Waals surface area contributed by atoms with Crippen molar-refractivity contribution in [2.45, 2.75) is 11.5 Å². The molecule has 0 aliphatic heterocycles. The van der Waals surface area contributed by atoms with E-state index < -0.39 is 11.9 Å². The lowest BCUT2D eigenvalue weighted by Gasteiger charge is -2.22. The van der Waals surface area contributed by atoms with Crippen LogP contribution in [0.4, 0.5) is 8.78 Å². The van der Waals surface area contributed by atoms with Crippen LogP contribution in [0.15, 0.2) is 30.3 Å². The Morgan fingerprint density at radius 1 is 1.40 bits per heavy atom. The molecule has 0 aromatic heterocycles. The third-order valence-corrected chi connectivity index (χ3v) is 5.41.